The first-order valence-electron chi connectivity index (χ1n) is 6.77. The lowest BCUT2D eigenvalue weighted by atomic mass is 10.1. The lowest BCUT2D eigenvalue weighted by Gasteiger charge is -2.07. The number of hydrogen-bond acceptors (Lipinski definition) is 5. The SMILES string of the molecule is CC[C@@H](C)Sc1nnc(COc2cc(C)ccc2C)o1. The summed E-state index contributed by atoms with van der Waals surface area (Å²) in [6, 6.07) is 6.12. The van der Waals surface area contributed by atoms with Crippen LogP contribution >= 0.6 is 11.8 Å². The summed E-state index contributed by atoms with van der Waals surface area (Å²) >= 11 is 1.60. The van der Waals surface area contributed by atoms with Crippen LogP contribution in [0.5, 0.6) is 5.75 Å². The molecule has 20 heavy (non-hydrogen) atoms. The standard InChI is InChI=1S/C15H20N2O2S/c1-5-12(4)20-15-17-16-14(19-15)9-18-13-8-10(2)6-7-11(13)3/h6-8,12H,5,9H2,1-4H3/t12-/m1/s1. The summed E-state index contributed by atoms with van der Waals surface area (Å²) in [5.74, 6) is 1.37. The minimum absolute atomic E-state index is 0.304. The van der Waals surface area contributed by atoms with Crippen LogP contribution in [-0.2, 0) is 6.61 Å². The van der Waals surface area contributed by atoms with Crippen LogP contribution in [0.1, 0.15) is 37.3 Å². The molecule has 0 spiro atoms. The number of thioether (sulfide) groups is 1. The summed E-state index contributed by atoms with van der Waals surface area (Å²) in [7, 11) is 0. The van der Waals surface area contributed by atoms with Gasteiger partial charge in [0, 0.05) is 5.25 Å². The number of nitrogens with zero attached hydrogens (tertiary/aromatic N) is 2. The average Bonchev–Trinajstić information content (AvgIpc) is 2.87. The van der Waals surface area contributed by atoms with Crippen molar-refractivity contribution >= 4 is 11.8 Å². The number of rotatable bonds is 6. The molecule has 0 N–H and O–H groups in total. The van der Waals surface area contributed by atoms with Crippen molar-refractivity contribution in [2.45, 2.75) is 51.2 Å². The minimum atomic E-state index is 0.304. The van der Waals surface area contributed by atoms with Crippen molar-refractivity contribution in [2.75, 3.05) is 0 Å². The highest BCUT2D eigenvalue weighted by atomic mass is 32.2. The summed E-state index contributed by atoms with van der Waals surface area (Å²) in [5, 5.41) is 9.12. The Morgan fingerprint density at radius 1 is 1.30 bits per heavy atom. The van der Waals surface area contributed by atoms with Gasteiger partial charge in [0.2, 0.25) is 0 Å². The summed E-state index contributed by atoms with van der Waals surface area (Å²) in [4.78, 5) is 0. The van der Waals surface area contributed by atoms with Crippen LogP contribution in [0.15, 0.2) is 27.8 Å². The maximum Gasteiger partial charge on any atom is 0.276 e. The highest BCUT2D eigenvalue weighted by Gasteiger charge is 2.11. The zero-order valence-electron chi connectivity index (χ0n) is 12.3. The molecule has 0 fully saturated rings. The normalized spacial score (nSPS) is 12.4. The van der Waals surface area contributed by atoms with Crippen molar-refractivity contribution in [2.24, 2.45) is 0 Å². The molecule has 1 heterocycles. The third-order valence-corrected chi connectivity index (χ3v) is 4.12. The molecule has 4 nitrogen and oxygen atoms in total. The van der Waals surface area contributed by atoms with Gasteiger partial charge in [-0.15, -0.1) is 10.2 Å². The van der Waals surface area contributed by atoms with Gasteiger partial charge in [0.1, 0.15) is 5.75 Å². The van der Waals surface area contributed by atoms with E-state index in [0.29, 0.717) is 23.0 Å². The maximum atomic E-state index is 5.74. The molecular formula is C15H20N2O2S. The Morgan fingerprint density at radius 3 is 2.85 bits per heavy atom. The van der Waals surface area contributed by atoms with Crippen LogP contribution in [0.4, 0.5) is 0 Å². The molecule has 1 atom stereocenters. The second-order valence-electron chi connectivity index (χ2n) is 4.86. The first kappa shape index (κ1) is 14.9. The molecule has 0 aliphatic rings. The third kappa shape index (κ3) is 4.00. The van der Waals surface area contributed by atoms with Crippen LogP contribution in [0.2, 0.25) is 0 Å². The van der Waals surface area contributed by atoms with Gasteiger partial charge in [-0.3, -0.25) is 0 Å². The van der Waals surface area contributed by atoms with Gasteiger partial charge in [0.05, 0.1) is 0 Å². The quantitative estimate of drug-likeness (QED) is 0.748. The lowest BCUT2D eigenvalue weighted by molar-refractivity contribution is 0.250. The molecular weight excluding hydrogens is 272 g/mol. The summed E-state index contributed by atoms with van der Waals surface area (Å²) < 4.78 is 11.3. The topological polar surface area (TPSA) is 48.2 Å². The number of benzene rings is 1. The fourth-order valence-corrected chi connectivity index (χ4v) is 2.35. The first-order chi connectivity index (χ1) is 9.58. The molecule has 0 saturated heterocycles. The van der Waals surface area contributed by atoms with Gasteiger partial charge in [-0.05, 0) is 37.5 Å². The van der Waals surface area contributed by atoms with Crippen molar-refractivity contribution < 1.29 is 9.15 Å². The number of aromatic nitrogens is 2. The molecule has 2 rings (SSSR count). The van der Waals surface area contributed by atoms with Crippen molar-refractivity contribution in [1.29, 1.82) is 0 Å². The summed E-state index contributed by atoms with van der Waals surface area (Å²) in [6.45, 7) is 8.64. The number of ether oxygens (including phenoxy) is 1. The van der Waals surface area contributed by atoms with Crippen LogP contribution in [0.25, 0.3) is 0 Å². The van der Waals surface area contributed by atoms with Crippen molar-refractivity contribution in [3.63, 3.8) is 0 Å². The monoisotopic (exact) mass is 292 g/mol. The second-order valence-corrected chi connectivity index (χ2v) is 6.25. The molecule has 108 valence electrons. The van der Waals surface area contributed by atoms with E-state index in [0.717, 1.165) is 17.7 Å². The first-order valence-corrected chi connectivity index (χ1v) is 7.65. The average molecular weight is 292 g/mol. The molecule has 0 saturated carbocycles. The van der Waals surface area contributed by atoms with E-state index in [4.69, 9.17) is 9.15 Å². The second kappa shape index (κ2) is 6.79. The lowest BCUT2D eigenvalue weighted by Crippen LogP contribution is -1.97. The molecule has 0 amide bonds. The molecule has 0 bridgehead atoms. The Hall–Kier alpha value is -1.49. The molecule has 2 aromatic rings. The highest BCUT2D eigenvalue weighted by Crippen LogP contribution is 2.24. The van der Waals surface area contributed by atoms with Crippen LogP contribution in [-0.4, -0.2) is 15.4 Å². The van der Waals surface area contributed by atoms with E-state index in [1.165, 1.54) is 5.56 Å². The van der Waals surface area contributed by atoms with E-state index >= 15 is 0 Å². The summed E-state index contributed by atoms with van der Waals surface area (Å²) in [5.41, 5.74) is 2.27. The summed E-state index contributed by atoms with van der Waals surface area (Å²) in [6.07, 6.45) is 1.07. The van der Waals surface area contributed by atoms with Crippen LogP contribution in [0.3, 0.4) is 0 Å². The van der Waals surface area contributed by atoms with Crippen molar-refractivity contribution in [3.05, 3.63) is 35.2 Å². The van der Waals surface area contributed by atoms with Gasteiger partial charge < -0.3 is 9.15 Å². The van der Waals surface area contributed by atoms with Gasteiger partial charge in [0.15, 0.2) is 6.61 Å². The van der Waals surface area contributed by atoms with Gasteiger partial charge in [-0.1, -0.05) is 37.7 Å². The molecule has 0 radical (unpaired) electrons. The van der Waals surface area contributed by atoms with Gasteiger partial charge >= 0.3 is 0 Å². The highest BCUT2D eigenvalue weighted by molar-refractivity contribution is 7.99. The number of aryl methyl sites for hydroxylation is 2. The van der Waals surface area contributed by atoms with Gasteiger partial charge in [-0.2, -0.15) is 0 Å². The van der Waals surface area contributed by atoms with E-state index in [2.05, 4.69) is 30.1 Å². The molecule has 0 aliphatic carbocycles. The third-order valence-electron chi connectivity index (χ3n) is 3.02. The Labute approximate surface area is 123 Å². The predicted molar refractivity (Wildman–Crippen MR) is 80.2 cm³/mol. The Balaban J connectivity index is 1.95. The smallest absolute Gasteiger partial charge is 0.276 e. The Kier molecular flexibility index (Phi) is 5.06. The number of hydrogen-bond donors (Lipinski definition) is 0. The Bertz CT molecular complexity index is 569. The van der Waals surface area contributed by atoms with Crippen LogP contribution in [0, 0.1) is 13.8 Å². The fourth-order valence-electron chi connectivity index (χ4n) is 1.60. The van der Waals surface area contributed by atoms with Crippen LogP contribution < -0.4 is 4.74 Å². The molecule has 0 unspecified atom stereocenters. The van der Waals surface area contributed by atoms with Gasteiger partial charge in [0.25, 0.3) is 11.1 Å². The fraction of sp³-hybridized carbons (Fsp3) is 0.467. The van der Waals surface area contributed by atoms with E-state index in [9.17, 15) is 0 Å². The molecule has 0 aliphatic heterocycles. The van der Waals surface area contributed by atoms with Crippen molar-refractivity contribution in [1.82, 2.24) is 10.2 Å². The van der Waals surface area contributed by atoms with Gasteiger partial charge in [-0.25, -0.2) is 0 Å². The van der Waals surface area contributed by atoms with E-state index in [1.54, 1.807) is 11.8 Å². The zero-order valence-corrected chi connectivity index (χ0v) is 13.2. The molecule has 1 aromatic carbocycles. The van der Waals surface area contributed by atoms with E-state index in [1.807, 2.05) is 26.0 Å². The Morgan fingerprint density at radius 2 is 2.10 bits per heavy atom. The molecule has 1 aromatic heterocycles. The van der Waals surface area contributed by atoms with E-state index in [-0.39, 0.29) is 0 Å². The van der Waals surface area contributed by atoms with E-state index < -0.39 is 0 Å². The largest absolute Gasteiger partial charge is 0.484 e. The zero-order chi connectivity index (χ0) is 14.5. The predicted octanol–water partition coefficient (Wildman–Crippen LogP) is 4.16. The molecule has 5 heteroatoms. The minimum Gasteiger partial charge on any atom is -0.484 e. The van der Waals surface area contributed by atoms with Crippen molar-refractivity contribution in [3.8, 4) is 5.75 Å². The maximum absolute atomic E-state index is 5.74.